The molecule has 0 saturated carbocycles. The molecule has 0 aliphatic carbocycles. The van der Waals surface area contributed by atoms with Crippen LogP contribution in [0.3, 0.4) is 0 Å². The van der Waals surface area contributed by atoms with E-state index in [0.29, 0.717) is 34.2 Å². The Morgan fingerprint density at radius 2 is 2.18 bits per heavy atom. The van der Waals surface area contributed by atoms with Crippen molar-refractivity contribution in [2.24, 2.45) is 0 Å². The first kappa shape index (κ1) is 17.9. The van der Waals surface area contributed by atoms with Crippen molar-refractivity contribution in [1.29, 1.82) is 0 Å². The van der Waals surface area contributed by atoms with E-state index < -0.39 is 0 Å². The van der Waals surface area contributed by atoms with Gasteiger partial charge in [0.25, 0.3) is 0 Å². The Bertz CT molecular complexity index is 1050. The van der Waals surface area contributed by atoms with Crippen molar-refractivity contribution in [3.8, 4) is 23.1 Å². The molecule has 10 nitrogen and oxygen atoms in total. The first-order chi connectivity index (χ1) is 13.7. The van der Waals surface area contributed by atoms with Crippen molar-refractivity contribution in [3.05, 3.63) is 48.7 Å². The average molecular weight is 397 g/mol. The molecule has 4 aromatic heterocycles. The molecule has 28 heavy (non-hydrogen) atoms. The molecule has 1 amide bonds. The Hall–Kier alpha value is -3.47. The maximum absolute atomic E-state index is 12.4. The molecule has 0 aliphatic heterocycles. The zero-order valence-electron chi connectivity index (χ0n) is 14.8. The number of amides is 1. The minimum Gasteiger partial charge on any atom is -0.461 e. The number of rotatable bonds is 7. The predicted molar refractivity (Wildman–Crippen MR) is 98.8 cm³/mol. The Morgan fingerprint density at radius 3 is 2.96 bits per heavy atom. The highest BCUT2D eigenvalue weighted by Gasteiger charge is 2.17. The molecule has 4 aromatic rings. The predicted octanol–water partition coefficient (Wildman–Crippen LogP) is 2.26. The van der Waals surface area contributed by atoms with Crippen molar-refractivity contribution in [3.63, 3.8) is 0 Å². The van der Waals surface area contributed by atoms with Crippen LogP contribution in [0.25, 0.3) is 23.1 Å². The highest BCUT2D eigenvalue weighted by molar-refractivity contribution is 7.99. The molecule has 0 spiro atoms. The van der Waals surface area contributed by atoms with Gasteiger partial charge in [-0.15, -0.1) is 5.10 Å². The monoisotopic (exact) mass is 397 g/mol. The molecule has 4 heterocycles. The summed E-state index contributed by atoms with van der Waals surface area (Å²) in [6.07, 6.45) is 3.21. The molecule has 0 saturated heterocycles. The van der Waals surface area contributed by atoms with Crippen LogP contribution in [-0.2, 0) is 11.3 Å². The second-order valence-corrected chi connectivity index (χ2v) is 6.65. The topological polar surface area (TPSA) is 127 Å². The number of nitrogens with one attached hydrogen (secondary N) is 1. The number of carbonyl (C=O) groups excluding carboxylic acids is 1. The van der Waals surface area contributed by atoms with Crippen LogP contribution in [0.4, 0.5) is 0 Å². The molecule has 4 rings (SSSR count). The molecule has 0 radical (unpaired) electrons. The van der Waals surface area contributed by atoms with Crippen LogP contribution in [-0.4, -0.2) is 53.9 Å². The van der Waals surface area contributed by atoms with Crippen LogP contribution in [0.1, 0.15) is 5.89 Å². The van der Waals surface area contributed by atoms with E-state index in [0.717, 1.165) is 0 Å². The largest absolute Gasteiger partial charge is 0.461 e. The number of hydrogen-bond donors (Lipinski definition) is 1. The standard InChI is InChI=1S/C17H15N7O3S/c1-24(9-13-19-15(23-27-13)11-5-2-3-7-18-11)14(25)10-28-17-20-16(21-22-17)12-6-4-8-26-12/h2-8H,9-10H2,1H3,(H,20,21,22). The molecular weight excluding hydrogens is 382 g/mol. The third-order valence-electron chi connectivity index (χ3n) is 3.70. The Labute approximate surface area is 163 Å². The summed E-state index contributed by atoms with van der Waals surface area (Å²) in [6, 6.07) is 8.97. The van der Waals surface area contributed by atoms with Gasteiger partial charge in [0.05, 0.1) is 18.6 Å². The van der Waals surface area contributed by atoms with E-state index in [2.05, 4.69) is 30.3 Å². The fourth-order valence-corrected chi connectivity index (χ4v) is 3.02. The fraction of sp³-hybridized carbons (Fsp3) is 0.176. The lowest BCUT2D eigenvalue weighted by molar-refractivity contribution is -0.127. The first-order valence-corrected chi connectivity index (χ1v) is 9.24. The van der Waals surface area contributed by atoms with Gasteiger partial charge < -0.3 is 13.8 Å². The van der Waals surface area contributed by atoms with Gasteiger partial charge in [0.15, 0.2) is 11.6 Å². The summed E-state index contributed by atoms with van der Waals surface area (Å²) in [6.45, 7) is 0.199. The maximum Gasteiger partial charge on any atom is 0.246 e. The quantitative estimate of drug-likeness (QED) is 0.467. The molecule has 11 heteroatoms. The number of pyridine rings is 1. The van der Waals surface area contributed by atoms with Crippen molar-refractivity contribution >= 4 is 17.7 Å². The van der Waals surface area contributed by atoms with Crippen LogP contribution in [0.5, 0.6) is 0 Å². The van der Waals surface area contributed by atoms with Crippen molar-refractivity contribution < 1.29 is 13.7 Å². The lowest BCUT2D eigenvalue weighted by Crippen LogP contribution is -2.28. The van der Waals surface area contributed by atoms with Crippen LogP contribution in [0, 0.1) is 0 Å². The molecule has 142 valence electrons. The second kappa shape index (κ2) is 8.05. The van der Waals surface area contributed by atoms with Gasteiger partial charge in [-0.25, -0.2) is 0 Å². The lowest BCUT2D eigenvalue weighted by Gasteiger charge is -2.13. The van der Waals surface area contributed by atoms with E-state index in [4.69, 9.17) is 8.94 Å². The molecule has 0 aromatic carbocycles. The van der Waals surface area contributed by atoms with Crippen LogP contribution in [0.2, 0.25) is 0 Å². The summed E-state index contributed by atoms with van der Waals surface area (Å²) in [5, 5.41) is 11.2. The molecule has 0 atom stereocenters. The number of nitrogens with zero attached hydrogens (tertiary/aromatic N) is 6. The SMILES string of the molecule is CN(Cc1nc(-c2ccccn2)no1)C(=O)CSc1n[nH]c(-c2ccco2)n1. The van der Waals surface area contributed by atoms with E-state index >= 15 is 0 Å². The van der Waals surface area contributed by atoms with E-state index in [1.165, 1.54) is 16.7 Å². The number of furan rings is 1. The summed E-state index contributed by atoms with van der Waals surface area (Å²) in [7, 11) is 1.67. The highest BCUT2D eigenvalue weighted by Crippen LogP contribution is 2.20. The van der Waals surface area contributed by atoms with Gasteiger partial charge in [-0.2, -0.15) is 9.97 Å². The summed E-state index contributed by atoms with van der Waals surface area (Å²) in [5.74, 6) is 1.88. The number of carbonyl (C=O) groups is 1. The van der Waals surface area contributed by atoms with Gasteiger partial charge in [-0.1, -0.05) is 23.0 Å². The Morgan fingerprint density at radius 1 is 1.25 bits per heavy atom. The molecule has 0 unspecified atom stereocenters. The molecule has 1 N–H and O–H groups in total. The maximum atomic E-state index is 12.4. The summed E-state index contributed by atoms with van der Waals surface area (Å²) >= 11 is 1.22. The van der Waals surface area contributed by atoms with Crippen molar-refractivity contribution in [1.82, 2.24) is 35.2 Å². The van der Waals surface area contributed by atoms with Gasteiger partial charge in [-0.3, -0.25) is 14.9 Å². The van der Waals surface area contributed by atoms with Gasteiger partial charge >= 0.3 is 0 Å². The lowest BCUT2D eigenvalue weighted by atomic mass is 10.3. The normalized spacial score (nSPS) is 10.9. The highest BCUT2D eigenvalue weighted by atomic mass is 32.2. The van der Waals surface area contributed by atoms with Crippen LogP contribution < -0.4 is 0 Å². The van der Waals surface area contributed by atoms with E-state index in [9.17, 15) is 4.79 Å². The molecular formula is C17H15N7O3S. The molecule has 0 aliphatic rings. The number of aromatic amines is 1. The minimum absolute atomic E-state index is 0.119. The number of hydrogen-bond acceptors (Lipinski definition) is 9. The smallest absolute Gasteiger partial charge is 0.246 e. The summed E-state index contributed by atoms with van der Waals surface area (Å²) < 4.78 is 10.5. The van der Waals surface area contributed by atoms with Crippen LogP contribution >= 0.6 is 11.8 Å². The van der Waals surface area contributed by atoms with Gasteiger partial charge in [-0.05, 0) is 24.3 Å². The number of thioether (sulfide) groups is 1. The third kappa shape index (κ3) is 4.09. The van der Waals surface area contributed by atoms with Crippen molar-refractivity contribution in [2.75, 3.05) is 12.8 Å². The Kier molecular flexibility index (Phi) is 5.15. The molecule has 0 bridgehead atoms. The van der Waals surface area contributed by atoms with Crippen molar-refractivity contribution in [2.45, 2.75) is 11.7 Å². The van der Waals surface area contributed by atoms with Gasteiger partial charge in [0.1, 0.15) is 5.69 Å². The van der Waals surface area contributed by atoms with Gasteiger partial charge in [0, 0.05) is 13.2 Å². The van der Waals surface area contributed by atoms with Crippen LogP contribution in [0.15, 0.2) is 56.9 Å². The molecule has 0 fully saturated rings. The summed E-state index contributed by atoms with van der Waals surface area (Å²) in [4.78, 5) is 26.6. The fourth-order valence-electron chi connectivity index (χ4n) is 2.28. The number of H-pyrrole nitrogens is 1. The van der Waals surface area contributed by atoms with Gasteiger partial charge in [0.2, 0.25) is 22.8 Å². The summed E-state index contributed by atoms with van der Waals surface area (Å²) in [5.41, 5.74) is 0.610. The van der Waals surface area contributed by atoms with E-state index in [-0.39, 0.29) is 18.2 Å². The Balaban J connectivity index is 1.31. The first-order valence-electron chi connectivity index (χ1n) is 8.26. The zero-order chi connectivity index (χ0) is 19.3. The number of aromatic nitrogens is 6. The second-order valence-electron chi connectivity index (χ2n) is 5.71. The minimum atomic E-state index is -0.119. The zero-order valence-corrected chi connectivity index (χ0v) is 15.6. The van der Waals surface area contributed by atoms with E-state index in [1.54, 1.807) is 43.8 Å². The third-order valence-corrected chi connectivity index (χ3v) is 4.54. The average Bonchev–Trinajstić information content (AvgIpc) is 3.47. The van der Waals surface area contributed by atoms with E-state index in [1.807, 2.05) is 6.07 Å².